The Morgan fingerprint density at radius 1 is 1.36 bits per heavy atom. The van der Waals surface area contributed by atoms with E-state index in [0.29, 0.717) is 6.42 Å². The molecule has 1 aromatic carbocycles. The van der Waals surface area contributed by atoms with Crippen molar-refractivity contribution in [1.29, 1.82) is 0 Å². The molecule has 0 unspecified atom stereocenters. The minimum absolute atomic E-state index is 0.0714. The molecule has 0 bridgehead atoms. The Morgan fingerprint density at radius 2 is 2.00 bits per heavy atom. The first-order valence-corrected chi connectivity index (χ1v) is 7.76. The lowest BCUT2D eigenvalue weighted by molar-refractivity contribution is -0.166. The summed E-state index contributed by atoms with van der Waals surface area (Å²) in [6, 6.07) is 6.21. The molecule has 1 aliphatic heterocycles. The van der Waals surface area contributed by atoms with Crippen LogP contribution < -0.4 is 5.73 Å². The van der Waals surface area contributed by atoms with Gasteiger partial charge in [0, 0.05) is 20.1 Å². The number of aryl methyl sites for hydroxylation is 2. The third kappa shape index (κ3) is 3.66. The number of nitrogens with two attached hydrogens (primary N) is 1. The van der Waals surface area contributed by atoms with Crippen molar-refractivity contribution in [2.24, 2.45) is 5.73 Å². The smallest absolute Gasteiger partial charge is 0.228 e. The summed E-state index contributed by atoms with van der Waals surface area (Å²) in [7, 11) is 3.48. The van der Waals surface area contributed by atoms with Gasteiger partial charge in [0.2, 0.25) is 5.91 Å². The topological polar surface area (TPSA) is 58.8 Å². The molecule has 0 spiro atoms. The van der Waals surface area contributed by atoms with Gasteiger partial charge in [-0.25, -0.2) is 0 Å². The molecular formula is C17H27N3O2. The van der Waals surface area contributed by atoms with Gasteiger partial charge in [0.05, 0.1) is 19.2 Å². The average Bonchev–Trinajstić information content (AvgIpc) is 2.51. The number of hydrogen-bond donors (Lipinski definition) is 1. The van der Waals surface area contributed by atoms with Gasteiger partial charge < -0.3 is 15.5 Å². The third-order valence-electron chi connectivity index (χ3n) is 4.73. The number of carbonyl (C=O) groups is 1. The summed E-state index contributed by atoms with van der Waals surface area (Å²) in [5.41, 5.74) is 9.28. The summed E-state index contributed by atoms with van der Waals surface area (Å²) < 4.78 is 0. The quantitative estimate of drug-likeness (QED) is 0.859. The van der Waals surface area contributed by atoms with Crippen LogP contribution in [0.25, 0.3) is 0 Å². The Bertz CT molecular complexity index is 537. The molecule has 5 heteroatoms. The van der Waals surface area contributed by atoms with E-state index < -0.39 is 5.66 Å². The van der Waals surface area contributed by atoms with Crippen molar-refractivity contribution in [3.8, 4) is 0 Å². The SMILES string of the molecule is CON1CCC(N)(N(C)C(=O)Cc2cc(C)ccc2C)CC1. The fourth-order valence-corrected chi connectivity index (χ4v) is 2.91. The number of hydroxylamine groups is 2. The number of benzene rings is 1. The number of rotatable bonds is 4. The zero-order valence-electron chi connectivity index (χ0n) is 14.1. The van der Waals surface area contributed by atoms with Crippen molar-refractivity contribution >= 4 is 5.91 Å². The second-order valence-corrected chi connectivity index (χ2v) is 6.27. The minimum Gasteiger partial charge on any atom is -0.327 e. The fraction of sp³-hybridized carbons (Fsp3) is 0.588. The van der Waals surface area contributed by atoms with Crippen molar-refractivity contribution in [2.45, 2.75) is 38.8 Å². The van der Waals surface area contributed by atoms with Gasteiger partial charge in [-0.1, -0.05) is 23.8 Å². The Hall–Kier alpha value is -1.43. The van der Waals surface area contributed by atoms with Crippen molar-refractivity contribution in [2.75, 3.05) is 27.2 Å². The first-order chi connectivity index (χ1) is 10.4. The summed E-state index contributed by atoms with van der Waals surface area (Å²) in [5, 5.41) is 1.88. The van der Waals surface area contributed by atoms with E-state index in [1.54, 1.807) is 12.0 Å². The van der Waals surface area contributed by atoms with Gasteiger partial charge in [-0.15, -0.1) is 0 Å². The highest BCUT2D eigenvalue weighted by molar-refractivity contribution is 5.79. The molecule has 5 nitrogen and oxygen atoms in total. The van der Waals surface area contributed by atoms with Gasteiger partial charge >= 0.3 is 0 Å². The molecule has 0 aromatic heterocycles. The van der Waals surface area contributed by atoms with Crippen LogP contribution in [0.15, 0.2) is 18.2 Å². The normalized spacial score (nSPS) is 18.2. The van der Waals surface area contributed by atoms with Crippen molar-refractivity contribution < 1.29 is 9.63 Å². The van der Waals surface area contributed by atoms with E-state index in [2.05, 4.69) is 18.2 Å². The zero-order valence-corrected chi connectivity index (χ0v) is 14.1. The van der Waals surface area contributed by atoms with Gasteiger partial charge in [0.25, 0.3) is 0 Å². The van der Waals surface area contributed by atoms with Crippen LogP contribution in [-0.2, 0) is 16.1 Å². The molecule has 0 atom stereocenters. The maximum Gasteiger partial charge on any atom is 0.228 e. The molecule has 1 amide bonds. The highest BCUT2D eigenvalue weighted by Crippen LogP contribution is 2.24. The number of amides is 1. The summed E-state index contributed by atoms with van der Waals surface area (Å²) in [6.07, 6.45) is 1.84. The number of carbonyl (C=O) groups excluding carboxylic acids is 1. The lowest BCUT2D eigenvalue weighted by Crippen LogP contribution is -2.61. The molecule has 1 fully saturated rings. The van der Waals surface area contributed by atoms with Crippen LogP contribution in [0.2, 0.25) is 0 Å². The Balaban J connectivity index is 2.04. The minimum atomic E-state index is -0.580. The van der Waals surface area contributed by atoms with E-state index in [1.165, 1.54) is 5.56 Å². The molecule has 0 radical (unpaired) electrons. The average molecular weight is 305 g/mol. The second-order valence-electron chi connectivity index (χ2n) is 6.27. The van der Waals surface area contributed by atoms with Crippen molar-refractivity contribution in [3.05, 3.63) is 34.9 Å². The maximum absolute atomic E-state index is 12.6. The van der Waals surface area contributed by atoms with Crippen LogP contribution in [0, 0.1) is 13.8 Å². The zero-order chi connectivity index (χ0) is 16.3. The number of hydrogen-bond acceptors (Lipinski definition) is 4. The highest BCUT2D eigenvalue weighted by Gasteiger charge is 2.37. The maximum atomic E-state index is 12.6. The predicted octanol–water partition coefficient (Wildman–Crippen LogP) is 1.62. The molecule has 22 heavy (non-hydrogen) atoms. The molecule has 2 N–H and O–H groups in total. The monoisotopic (exact) mass is 305 g/mol. The van der Waals surface area contributed by atoms with Crippen LogP contribution in [0.3, 0.4) is 0 Å². The number of likely N-dealkylation sites (N-methyl/N-ethyl adjacent to an activating group) is 1. The largest absolute Gasteiger partial charge is 0.327 e. The third-order valence-corrected chi connectivity index (χ3v) is 4.73. The number of piperidine rings is 1. The Kier molecular flexibility index (Phi) is 5.21. The lowest BCUT2D eigenvalue weighted by Gasteiger charge is -2.44. The van der Waals surface area contributed by atoms with Crippen LogP contribution >= 0.6 is 0 Å². The van der Waals surface area contributed by atoms with Gasteiger partial charge in [0.1, 0.15) is 0 Å². The van der Waals surface area contributed by atoms with E-state index in [-0.39, 0.29) is 5.91 Å². The Morgan fingerprint density at radius 3 is 2.59 bits per heavy atom. The van der Waals surface area contributed by atoms with Crippen molar-refractivity contribution in [1.82, 2.24) is 9.96 Å². The van der Waals surface area contributed by atoms with Gasteiger partial charge in [-0.05, 0) is 37.8 Å². The van der Waals surface area contributed by atoms with E-state index in [9.17, 15) is 4.79 Å². The number of nitrogens with zero attached hydrogens (tertiary/aromatic N) is 2. The van der Waals surface area contributed by atoms with Crippen molar-refractivity contribution in [3.63, 3.8) is 0 Å². The molecule has 2 rings (SSSR count). The summed E-state index contributed by atoms with van der Waals surface area (Å²) in [5.74, 6) is 0.0714. The first-order valence-electron chi connectivity index (χ1n) is 7.76. The molecule has 0 saturated carbocycles. The van der Waals surface area contributed by atoms with E-state index in [4.69, 9.17) is 10.6 Å². The molecule has 1 aromatic rings. The van der Waals surface area contributed by atoms with Gasteiger partial charge in [0.15, 0.2) is 0 Å². The van der Waals surface area contributed by atoms with Crippen LogP contribution in [0.5, 0.6) is 0 Å². The van der Waals surface area contributed by atoms with E-state index in [0.717, 1.165) is 37.1 Å². The molecular weight excluding hydrogens is 278 g/mol. The fourth-order valence-electron chi connectivity index (χ4n) is 2.91. The molecule has 122 valence electrons. The summed E-state index contributed by atoms with van der Waals surface area (Å²) in [4.78, 5) is 19.6. The van der Waals surface area contributed by atoms with E-state index >= 15 is 0 Å². The van der Waals surface area contributed by atoms with Gasteiger partial charge in [-0.2, -0.15) is 5.06 Å². The van der Waals surface area contributed by atoms with Crippen LogP contribution in [0.4, 0.5) is 0 Å². The lowest BCUT2D eigenvalue weighted by atomic mass is 9.95. The van der Waals surface area contributed by atoms with Crippen LogP contribution in [0.1, 0.15) is 29.5 Å². The first kappa shape index (κ1) is 16.9. The standard InChI is InChI=1S/C17H27N3O2/c1-13-5-6-14(2)15(11-13)12-16(21)19(3)17(18)7-9-20(22-4)10-8-17/h5-6,11H,7-10,12,18H2,1-4H3. The molecule has 1 saturated heterocycles. The van der Waals surface area contributed by atoms with Gasteiger partial charge in [-0.3, -0.25) is 4.79 Å². The molecule has 1 heterocycles. The highest BCUT2D eigenvalue weighted by atomic mass is 16.7. The van der Waals surface area contributed by atoms with Crippen LogP contribution in [-0.4, -0.2) is 48.8 Å². The second kappa shape index (κ2) is 6.77. The van der Waals surface area contributed by atoms with E-state index in [1.807, 2.05) is 26.0 Å². The summed E-state index contributed by atoms with van der Waals surface area (Å²) >= 11 is 0. The molecule has 0 aliphatic carbocycles. The predicted molar refractivity (Wildman–Crippen MR) is 87.1 cm³/mol. The molecule has 1 aliphatic rings. The Labute approximate surface area is 133 Å². The summed E-state index contributed by atoms with van der Waals surface area (Å²) in [6.45, 7) is 5.57.